The molecule has 6 heteroatoms. The van der Waals surface area contributed by atoms with Crippen molar-refractivity contribution in [3.63, 3.8) is 0 Å². The van der Waals surface area contributed by atoms with Crippen molar-refractivity contribution in [2.45, 2.75) is 11.5 Å². The van der Waals surface area contributed by atoms with Gasteiger partial charge in [0.05, 0.1) is 10.8 Å². The Labute approximate surface area is 144 Å². The number of benzene rings is 2. The Morgan fingerprint density at radius 3 is 2.48 bits per heavy atom. The first kappa shape index (κ1) is 17.4. The second-order valence-electron chi connectivity index (χ2n) is 4.64. The minimum atomic E-state index is -0.468. The molecule has 0 spiro atoms. The van der Waals surface area contributed by atoms with Crippen LogP contribution in [0.3, 0.4) is 0 Å². The van der Waals surface area contributed by atoms with Crippen molar-refractivity contribution in [3.05, 3.63) is 65.2 Å². The molecule has 0 aliphatic rings. The van der Waals surface area contributed by atoms with E-state index in [1.54, 1.807) is 6.07 Å². The fraction of sp³-hybridized carbons (Fsp3) is 0.176. The highest BCUT2D eigenvalue weighted by molar-refractivity contribution is 8.00. The van der Waals surface area contributed by atoms with E-state index in [1.807, 2.05) is 48.5 Å². The minimum Gasteiger partial charge on any atom is -0.460 e. The smallest absolute Gasteiger partial charge is 0.325 e. The molecule has 23 heavy (non-hydrogen) atoms. The summed E-state index contributed by atoms with van der Waals surface area (Å²) in [6, 6.07) is 16.7. The summed E-state index contributed by atoms with van der Waals surface area (Å²) in [6.45, 7) is 0.0542. The molecule has 0 aliphatic carbocycles. The molecule has 1 N–H and O–H groups in total. The summed E-state index contributed by atoms with van der Waals surface area (Å²) in [5.41, 5.74) is 0.904. The Hall–Kier alpha value is -1.98. The molecule has 1 amide bonds. The van der Waals surface area contributed by atoms with Gasteiger partial charge in [0.1, 0.15) is 13.2 Å². The minimum absolute atomic E-state index is 0.144. The largest absolute Gasteiger partial charge is 0.460 e. The molecular formula is C17H16ClNO3S. The van der Waals surface area contributed by atoms with Gasteiger partial charge in [0.2, 0.25) is 5.91 Å². The predicted octanol–water partition coefficient (Wildman–Crippen LogP) is 3.29. The summed E-state index contributed by atoms with van der Waals surface area (Å²) in [6.07, 6.45) is 0. The number of nitrogens with one attached hydrogen (secondary N) is 1. The van der Waals surface area contributed by atoms with Crippen LogP contribution in [0, 0.1) is 0 Å². The van der Waals surface area contributed by atoms with Crippen LogP contribution in [0.4, 0.5) is 0 Å². The first-order chi connectivity index (χ1) is 11.1. The van der Waals surface area contributed by atoms with E-state index in [1.165, 1.54) is 11.8 Å². The third kappa shape index (κ3) is 6.34. The predicted molar refractivity (Wildman–Crippen MR) is 91.4 cm³/mol. The summed E-state index contributed by atoms with van der Waals surface area (Å²) in [4.78, 5) is 24.1. The molecule has 120 valence electrons. The summed E-state index contributed by atoms with van der Waals surface area (Å²) in [7, 11) is 0. The number of thioether (sulfide) groups is 1. The topological polar surface area (TPSA) is 55.4 Å². The molecule has 2 aromatic rings. The van der Waals surface area contributed by atoms with Crippen LogP contribution in [0.5, 0.6) is 0 Å². The first-order valence-corrected chi connectivity index (χ1v) is 8.35. The average molecular weight is 350 g/mol. The van der Waals surface area contributed by atoms with Gasteiger partial charge in [-0.25, -0.2) is 0 Å². The number of halogens is 1. The highest BCUT2D eigenvalue weighted by Gasteiger charge is 2.08. The lowest BCUT2D eigenvalue weighted by molar-refractivity contribution is -0.145. The molecule has 0 radical (unpaired) electrons. The van der Waals surface area contributed by atoms with Crippen LogP contribution in [0.2, 0.25) is 5.02 Å². The Morgan fingerprint density at radius 2 is 1.74 bits per heavy atom. The Morgan fingerprint density at radius 1 is 1.04 bits per heavy atom. The van der Waals surface area contributed by atoms with Crippen LogP contribution < -0.4 is 5.32 Å². The van der Waals surface area contributed by atoms with E-state index in [0.29, 0.717) is 5.02 Å². The monoisotopic (exact) mass is 349 g/mol. The Bertz CT molecular complexity index is 664. The molecule has 2 rings (SSSR count). The van der Waals surface area contributed by atoms with E-state index in [9.17, 15) is 9.59 Å². The number of hydrogen-bond acceptors (Lipinski definition) is 4. The van der Waals surface area contributed by atoms with E-state index < -0.39 is 5.97 Å². The number of rotatable bonds is 7. The van der Waals surface area contributed by atoms with Crippen molar-refractivity contribution in [1.82, 2.24) is 5.32 Å². The molecule has 0 saturated heterocycles. The lowest BCUT2D eigenvalue weighted by atomic mass is 10.2. The van der Waals surface area contributed by atoms with E-state index in [4.69, 9.17) is 16.3 Å². The van der Waals surface area contributed by atoms with E-state index >= 15 is 0 Å². The Balaban J connectivity index is 1.66. The number of carbonyl (C=O) groups excluding carboxylic acids is 2. The molecule has 0 unspecified atom stereocenters. The van der Waals surface area contributed by atoms with Gasteiger partial charge in [-0.15, -0.1) is 11.8 Å². The van der Waals surface area contributed by atoms with Crippen molar-refractivity contribution in [3.8, 4) is 0 Å². The quantitative estimate of drug-likeness (QED) is 0.615. The SMILES string of the molecule is O=C(CSc1ccccc1Cl)NCC(=O)OCc1ccccc1. The molecule has 0 aliphatic heterocycles. The van der Waals surface area contributed by atoms with Gasteiger partial charge in [-0.1, -0.05) is 54.1 Å². The average Bonchev–Trinajstić information content (AvgIpc) is 2.58. The Kier molecular flexibility index (Phi) is 6.97. The molecule has 0 bridgehead atoms. The van der Waals surface area contributed by atoms with E-state index in [-0.39, 0.29) is 24.8 Å². The highest BCUT2D eigenvalue weighted by atomic mass is 35.5. The van der Waals surface area contributed by atoms with Gasteiger partial charge in [0, 0.05) is 4.90 Å². The van der Waals surface area contributed by atoms with Gasteiger partial charge in [-0.2, -0.15) is 0 Å². The molecule has 0 aromatic heterocycles. The third-order valence-electron chi connectivity index (χ3n) is 2.87. The van der Waals surface area contributed by atoms with Crippen LogP contribution in [0.1, 0.15) is 5.56 Å². The van der Waals surface area contributed by atoms with Crippen LogP contribution >= 0.6 is 23.4 Å². The normalized spacial score (nSPS) is 10.1. The fourth-order valence-corrected chi connectivity index (χ4v) is 2.78. The lowest BCUT2D eigenvalue weighted by Crippen LogP contribution is -2.31. The number of amides is 1. The standard InChI is InChI=1S/C17H16ClNO3S/c18-14-8-4-5-9-15(14)23-12-16(20)19-10-17(21)22-11-13-6-2-1-3-7-13/h1-9H,10-12H2,(H,19,20). The molecular weight excluding hydrogens is 334 g/mol. The number of esters is 1. The summed E-state index contributed by atoms with van der Waals surface area (Å²) in [5, 5.41) is 3.14. The van der Waals surface area contributed by atoms with Gasteiger partial charge in [-0.3, -0.25) is 9.59 Å². The number of carbonyl (C=O) groups is 2. The van der Waals surface area contributed by atoms with Gasteiger partial charge < -0.3 is 10.1 Å². The number of hydrogen-bond donors (Lipinski definition) is 1. The van der Waals surface area contributed by atoms with Crippen LogP contribution in [-0.2, 0) is 20.9 Å². The summed E-state index contributed by atoms with van der Waals surface area (Å²) >= 11 is 7.33. The molecule has 0 atom stereocenters. The number of ether oxygens (including phenoxy) is 1. The molecule has 0 fully saturated rings. The van der Waals surface area contributed by atoms with E-state index in [0.717, 1.165) is 10.5 Å². The first-order valence-electron chi connectivity index (χ1n) is 6.99. The van der Waals surface area contributed by atoms with Gasteiger partial charge in [0.15, 0.2) is 0 Å². The zero-order valence-corrected chi connectivity index (χ0v) is 13.9. The second-order valence-corrected chi connectivity index (χ2v) is 6.07. The third-order valence-corrected chi connectivity index (χ3v) is 4.38. The summed E-state index contributed by atoms with van der Waals surface area (Å²) in [5.74, 6) is -0.521. The maximum atomic E-state index is 11.7. The van der Waals surface area contributed by atoms with E-state index in [2.05, 4.69) is 5.32 Å². The highest BCUT2D eigenvalue weighted by Crippen LogP contribution is 2.26. The van der Waals surface area contributed by atoms with Crippen molar-refractivity contribution in [1.29, 1.82) is 0 Å². The van der Waals surface area contributed by atoms with Crippen LogP contribution in [0.25, 0.3) is 0 Å². The van der Waals surface area contributed by atoms with Gasteiger partial charge >= 0.3 is 5.97 Å². The summed E-state index contributed by atoms with van der Waals surface area (Å²) < 4.78 is 5.08. The van der Waals surface area contributed by atoms with Crippen molar-refractivity contribution in [2.75, 3.05) is 12.3 Å². The van der Waals surface area contributed by atoms with Gasteiger partial charge in [0.25, 0.3) is 0 Å². The lowest BCUT2D eigenvalue weighted by Gasteiger charge is -2.07. The van der Waals surface area contributed by atoms with Crippen LogP contribution in [0.15, 0.2) is 59.5 Å². The molecule has 0 saturated carbocycles. The van der Waals surface area contributed by atoms with Crippen molar-refractivity contribution < 1.29 is 14.3 Å². The second kappa shape index (κ2) is 9.22. The van der Waals surface area contributed by atoms with Crippen molar-refractivity contribution in [2.24, 2.45) is 0 Å². The molecule has 0 heterocycles. The maximum Gasteiger partial charge on any atom is 0.325 e. The van der Waals surface area contributed by atoms with Gasteiger partial charge in [-0.05, 0) is 17.7 Å². The molecule has 4 nitrogen and oxygen atoms in total. The maximum absolute atomic E-state index is 11.7. The zero-order valence-electron chi connectivity index (χ0n) is 12.3. The molecule has 2 aromatic carbocycles. The fourth-order valence-electron chi connectivity index (χ4n) is 1.72. The van der Waals surface area contributed by atoms with Crippen LogP contribution in [-0.4, -0.2) is 24.2 Å². The zero-order chi connectivity index (χ0) is 16.5. The van der Waals surface area contributed by atoms with Crippen molar-refractivity contribution >= 4 is 35.2 Å².